The van der Waals surface area contributed by atoms with Crippen LogP contribution in [0, 0.1) is 11.8 Å². The summed E-state index contributed by atoms with van der Waals surface area (Å²) < 4.78 is 27.0. The number of benzene rings is 1. The lowest BCUT2D eigenvalue weighted by Gasteiger charge is -2.30. The SMILES string of the molecule is CCNC(=NCC1CCN(S(=O)(=O)c2ccccc2)CC1)NCCC(C)C. The van der Waals surface area contributed by atoms with Crippen LogP contribution >= 0.6 is 0 Å². The highest BCUT2D eigenvalue weighted by Crippen LogP contribution is 2.23. The summed E-state index contributed by atoms with van der Waals surface area (Å²) in [7, 11) is -3.37. The largest absolute Gasteiger partial charge is 0.357 e. The average Bonchev–Trinajstić information content (AvgIpc) is 2.67. The molecule has 6 nitrogen and oxygen atoms in total. The maximum Gasteiger partial charge on any atom is 0.243 e. The highest BCUT2D eigenvalue weighted by Gasteiger charge is 2.29. The topological polar surface area (TPSA) is 73.8 Å². The summed E-state index contributed by atoms with van der Waals surface area (Å²) in [6, 6.07) is 8.70. The lowest BCUT2D eigenvalue weighted by molar-refractivity contribution is 0.278. The van der Waals surface area contributed by atoms with Crippen LogP contribution in [0.4, 0.5) is 0 Å². The number of rotatable bonds is 8. The van der Waals surface area contributed by atoms with E-state index in [1.54, 1.807) is 28.6 Å². The Bertz CT molecular complexity index is 681. The molecule has 0 unspecified atom stereocenters. The van der Waals surface area contributed by atoms with Crippen LogP contribution in [0.5, 0.6) is 0 Å². The number of guanidine groups is 1. The molecule has 1 aromatic rings. The third kappa shape index (κ3) is 6.81. The number of sulfonamides is 1. The van der Waals surface area contributed by atoms with Gasteiger partial charge in [-0.1, -0.05) is 32.0 Å². The number of nitrogens with one attached hydrogen (secondary N) is 2. The van der Waals surface area contributed by atoms with Gasteiger partial charge in [0.05, 0.1) is 4.90 Å². The van der Waals surface area contributed by atoms with Gasteiger partial charge in [0, 0.05) is 32.7 Å². The van der Waals surface area contributed by atoms with Crippen molar-refractivity contribution in [2.24, 2.45) is 16.8 Å². The van der Waals surface area contributed by atoms with Gasteiger partial charge >= 0.3 is 0 Å². The first-order chi connectivity index (χ1) is 12.9. The number of hydrogen-bond acceptors (Lipinski definition) is 3. The molecule has 1 aliphatic heterocycles. The van der Waals surface area contributed by atoms with Crippen LogP contribution < -0.4 is 10.6 Å². The summed E-state index contributed by atoms with van der Waals surface area (Å²) in [6.07, 6.45) is 2.81. The second-order valence-electron chi connectivity index (χ2n) is 7.49. The molecule has 152 valence electrons. The van der Waals surface area contributed by atoms with Gasteiger partial charge in [-0.25, -0.2) is 8.42 Å². The Morgan fingerprint density at radius 3 is 2.44 bits per heavy atom. The van der Waals surface area contributed by atoms with Gasteiger partial charge in [0.2, 0.25) is 10.0 Å². The normalized spacial score (nSPS) is 17.3. The van der Waals surface area contributed by atoms with Crippen LogP contribution in [0.3, 0.4) is 0 Å². The lowest BCUT2D eigenvalue weighted by atomic mass is 9.98. The molecule has 0 aliphatic carbocycles. The van der Waals surface area contributed by atoms with Crippen LogP contribution in [0.1, 0.15) is 40.0 Å². The standard InChI is InChI=1S/C20H34N4O2S/c1-4-21-20(22-13-10-17(2)3)23-16-18-11-14-24(15-12-18)27(25,26)19-8-6-5-7-9-19/h5-9,17-18H,4,10-16H2,1-3H3,(H2,21,22,23). The van der Waals surface area contributed by atoms with E-state index in [2.05, 4.69) is 31.4 Å². The molecule has 0 spiro atoms. The number of piperidine rings is 1. The molecule has 7 heteroatoms. The lowest BCUT2D eigenvalue weighted by Crippen LogP contribution is -2.40. The van der Waals surface area contributed by atoms with Gasteiger partial charge in [0.15, 0.2) is 5.96 Å². The van der Waals surface area contributed by atoms with Gasteiger partial charge in [0.25, 0.3) is 0 Å². The van der Waals surface area contributed by atoms with E-state index in [9.17, 15) is 8.42 Å². The van der Waals surface area contributed by atoms with E-state index in [0.717, 1.165) is 44.9 Å². The first kappa shape index (κ1) is 21.7. The van der Waals surface area contributed by atoms with Crippen molar-refractivity contribution in [2.45, 2.75) is 44.9 Å². The molecule has 0 amide bonds. The first-order valence-corrected chi connectivity index (χ1v) is 11.4. The van der Waals surface area contributed by atoms with Gasteiger partial charge in [0.1, 0.15) is 0 Å². The summed E-state index contributed by atoms with van der Waals surface area (Å²) in [5, 5.41) is 6.66. The summed E-state index contributed by atoms with van der Waals surface area (Å²) in [5.74, 6) is 1.95. The van der Waals surface area contributed by atoms with Crippen molar-refractivity contribution in [1.29, 1.82) is 0 Å². The Hall–Kier alpha value is -1.60. The number of hydrogen-bond donors (Lipinski definition) is 2. The molecule has 2 rings (SSSR count). The second kappa shape index (κ2) is 10.7. The maximum atomic E-state index is 12.7. The molecule has 0 radical (unpaired) electrons. The summed E-state index contributed by atoms with van der Waals surface area (Å²) in [5.41, 5.74) is 0. The van der Waals surface area contributed by atoms with Crippen molar-refractivity contribution in [2.75, 3.05) is 32.7 Å². The highest BCUT2D eigenvalue weighted by atomic mass is 32.2. The molecule has 2 N–H and O–H groups in total. The van der Waals surface area contributed by atoms with Crippen molar-refractivity contribution in [3.8, 4) is 0 Å². The smallest absolute Gasteiger partial charge is 0.243 e. The minimum atomic E-state index is -3.37. The molecule has 1 fully saturated rings. The van der Waals surface area contributed by atoms with Crippen LogP contribution in [-0.4, -0.2) is 51.4 Å². The summed E-state index contributed by atoms with van der Waals surface area (Å²) in [6.45, 7) is 10.1. The zero-order valence-electron chi connectivity index (χ0n) is 16.8. The van der Waals surface area contributed by atoms with E-state index in [1.807, 2.05) is 6.07 Å². The zero-order chi connectivity index (χ0) is 19.7. The van der Waals surface area contributed by atoms with Gasteiger partial charge in [-0.2, -0.15) is 4.31 Å². The predicted molar refractivity (Wildman–Crippen MR) is 111 cm³/mol. The van der Waals surface area contributed by atoms with Gasteiger partial charge in [-0.05, 0) is 50.2 Å². The first-order valence-electron chi connectivity index (χ1n) is 10.0. The second-order valence-corrected chi connectivity index (χ2v) is 9.43. The monoisotopic (exact) mass is 394 g/mol. The van der Waals surface area contributed by atoms with E-state index >= 15 is 0 Å². The molecular weight excluding hydrogens is 360 g/mol. The van der Waals surface area contributed by atoms with E-state index in [1.165, 1.54) is 0 Å². The van der Waals surface area contributed by atoms with Crippen molar-refractivity contribution in [3.05, 3.63) is 30.3 Å². The molecule has 0 aromatic heterocycles. The number of nitrogens with zero attached hydrogens (tertiary/aromatic N) is 2. The van der Waals surface area contributed by atoms with Crippen LogP contribution in [-0.2, 0) is 10.0 Å². The average molecular weight is 395 g/mol. The maximum absolute atomic E-state index is 12.7. The molecular formula is C20H34N4O2S. The van der Waals surface area contributed by atoms with Gasteiger partial charge in [-0.15, -0.1) is 0 Å². The highest BCUT2D eigenvalue weighted by molar-refractivity contribution is 7.89. The van der Waals surface area contributed by atoms with Crippen LogP contribution in [0.2, 0.25) is 0 Å². The molecule has 0 bridgehead atoms. The Kier molecular flexibility index (Phi) is 8.57. The molecule has 0 atom stereocenters. The fraction of sp³-hybridized carbons (Fsp3) is 0.650. The molecule has 27 heavy (non-hydrogen) atoms. The fourth-order valence-corrected chi connectivity index (χ4v) is 4.61. The van der Waals surface area contributed by atoms with Crippen molar-refractivity contribution >= 4 is 16.0 Å². The third-order valence-corrected chi connectivity index (χ3v) is 6.73. The molecule has 1 saturated heterocycles. The Balaban J connectivity index is 1.85. The summed E-state index contributed by atoms with van der Waals surface area (Å²) >= 11 is 0. The van der Waals surface area contributed by atoms with Crippen LogP contribution in [0.15, 0.2) is 40.2 Å². The predicted octanol–water partition coefficient (Wildman–Crippen LogP) is 2.69. The Morgan fingerprint density at radius 1 is 1.19 bits per heavy atom. The zero-order valence-corrected chi connectivity index (χ0v) is 17.6. The molecule has 1 heterocycles. The van der Waals surface area contributed by atoms with Crippen molar-refractivity contribution < 1.29 is 8.42 Å². The van der Waals surface area contributed by atoms with Crippen molar-refractivity contribution in [1.82, 2.24) is 14.9 Å². The van der Waals surface area contributed by atoms with E-state index in [-0.39, 0.29) is 0 Å². The molecule has 1 aliphatic rings. The third-order valence-electron chi connectivity index (χ3n) is 4.82. The Morgan fingerprint density at radius 2 is 1.85 bits per heavy atom. The minimum Gasteiger partial charge on any atom is -0.357 e. The quantitative estimate of drug-likeness (QED) is 0.525. The van der Waals surface area contributed by atoms with Gasteiger partial charge < -0.3 is 10.6 Å². The van der Waals surface area contributed by atoms with Crippen LogP contribution in [0.25, 0.3) is 0 Å². The minimum absolute atomic E-state index is 0.380. The number of aliphatic imine (C=N–C) groups is 1. The van der Waals surface area contributed by atoms with E-state index < -0.39 is 10.0 Å². The Labute approximate surface area is 164 Å². The van der Waals surface area contributed by atoms with E-state index in [4.69, 9.17) is 4.99 Å². The van der Waals surface area contributed by atoms with E-state index in [0.29, 0.717) is 29.8 Å². The fourth-order valence-electron chi connectivity index (χ4n) is 3.12. The van der Waals surface area contributed by atoms with Gasteiger partial charge in [-0.3, -0.25) is 4.99 Å². The van der Waals surface area contributed by atoms with Crippen molar-refractivity contribution in [3.63, 3.8) is 0 Å². The summed E-state index contributed by atoms with van der Waals surface area (Å²) in [4.78, 5) is 5.09. The molecule has 0 saturated carbocycles. The molecule has 1 aromatic carbocycles.